The summed E-state index contributed by atoms with van der Waals surface area (Å²) in [5, 5.41) is 5.58. The van der Waals surface area contributed by atoms with E-state index in [0.29, 0.717) is 6.61 Å². The topological polar surface area (TPSA) is 67.4 Å². The van der Waals surface area contributed by atoms with Gasteiger partial charge in [0.1, 0.15) is 6.10 Å². The lowest BCUT2D eigenvalue weighted by atomic mass is 10.0. The first-order valence-corrected chi connectivity index (χ1v) is 7.95. The van der Waals surface area contributed by atoms with Crippen LogP contribution in [0.5, 0.6) is 0 Å². The van der Waals surface area contributed by atoms with Gasteiger partial charge >= 0.3 is 0 Å². The van der Waals surface area contributed by atoms with Crippen molar-refractivity contribution in [2.45, 2.75) is 45.6 Å². The highest BCUT2D eigenvalue weighted by Gasteiger charge is 2.23. The summed E-state index contributed by atoms with van der Waals surface area (Å²) >= 11 is 0. The average Bonchev–Trinajstić information content (AvgIpc) is 3.07. The quantitative estimate of drug-likeness (QED) is 0.845. The molecule has 22 heavy (non-hydrogen) atoms. The zero-order valence-electron chi connectivity index (χ0n) is 13.3. The molecule has 2 amide bonds. The number of aryl methyl sites for hydroxylation is 2. The van der Waals surface area contributed by atoms with Crippen LogP contribution in [-0.4, -0.2) is 31.1 Å². The molecule has 1 heterocycles. The molecule has 1 aliphatic rings. The molecule has 2 rings (SSSR count). The van der Waals surface area contributed by atoms with Gasteiger partial charge < -0.3 is 15.4 Å². The highest BCUT2D eigenvalue weighted by molar-refractivity contribution is 5.96. The zero-order chi connectivity index (χ0) is 15.9. The van der Waals surface area contributed by atoms with Gasteiger partial charge in [0.2, 0.25) is 11.8 Å². The van der Waals surface area contributed by atoms with Crippen molar-refractivity contribution >= 4 is 17.5 Å². The van der Waals surface area contributed by atoms with Crippen LogP contribution in [-0.2, 0) is 27.2 Å². The molecule has 0 saturated carbocycles. The number of ether oxygens (including phenoxy) is 1. The number of rotatable bonds is 6. The lowest BCUT2D eigenvalue weighted by Gasteiger charge is -2.15. The highest BCUT2D eigenvalue weighted by Crippen LogP contribution is 2.22. The minimum Gasteiger partial charge on any atom is -0.368 e. The molecule has 0 bridgehead atoms. The van der Waals surface area contributed by atoms with Gasteiger partial charge in [-0.25, -0.2) is 0 Å². The minimum atomic E-state index is -0.401. The van der Waals surface area contributed by atoms with Crippen molar-refractivity contribution in [3.05, 3.63) is 29.3 Å². The van der Waals surface area contributed by atoms with E-state index in [0.717, 1.165) is 42.5 Å². The standard InChI is InChI=1S/C17H24N2O3/c1-3-12-7-5-8-13(4-2)16(12)19-15(20)11-18-17(21)14-9-6-10-22-14/h5,7-8,14H,3-4,6,9-11H2,1-2H3,(H,18,21)(H,19,20). The van der Waals surface area contributed by atoms with Gasteiger partial charge in [0, 0.05) is 12.3 Å². The maximum Gasteiger partial charge on any atom is 0.249 e. The largest absolute Gasteiger partial charge is 0.368 e. The SMILES string of the molecule is CCc1cccc(CC)c1NC(=O)CNC(=O)C1CCCO1. The van der Waals surface area contributed by atoms with Crippen LogP contribution in [0.15, 0.2) is 18.2 Å². The molecular weight excluding hydrogens is 280 g/mol. The summed E-state index contributed by atoms with van der Waals surface area (Å²) in [7, 11) is 0. The number of carbonyl (C=O) groups excluding carboxylic acids is 2. The zero-order valence-corrected chi connectivity index (χ0v) is 13.3. The van der Waals surface area contributed by atoms with Gasteiger partial charge in [-0.2, -0.15) is 0 Å². The summed E-state index contributed by atoms with van der Waals surface area (Å²) in [6.07, 6.45) is 2.93. The number of anilines is 1. The molecule has 1 saturated heterocycles. The Kier molecular flexibility index (Phi) is 5.95. The number of para-hydroxylation sites is 1. The molecule has 0 radical (unpaired) electrons. The molecular formula is C17H24N2O3. The maximum atomic E-state index is 12.1. The fraction of sp³-hybridized carbons (Fsp3) is 0.529. The molecule has 1 unspecified atom stereocenters. The predicted molar refractivity (Wildman–Crippen MR) is 85.8 cm³/mol. The van der Waals surface area contributed by atoms with Crippen LogP contribution < -0.4 is 10.6 Å². The van der Waals surface area contributed by atoms with Crippen LogP contribution in [0.3, 0.4) is 0 Å². The Morgan fingerprint density at radius 1 is 1.23 bits per heavy atom. The van der Waals surface area contributed by atoms with Crippen LogP contribution >= 0.6 is 0 Å². The van der Waals surface area contributed by atoms with Crippen molar-refractivity contribution in [3.63, 3.8) is 0 Å². The van der Waals surface area contributed by atoms with E-state index in [9.17, 15) is 9.59 Å². The Balaban J connectivity index is 1.93. The van der Waals surface area contributed by atoms with E-state index in [1.165, 1.54) is 0 Å². The molecule has 2 N–H and O–H groups in total. The Labute approximate surface area is 131 Å². The summed E-state index contributed by atoms with van der Waals surface area (Å²) in [6.45, 7) is 4.71. The second-order valence-corrected chi connectivity index (χ2v) is 5.43. The third-order valence-corrected chi connectivity index (χ3v) is 3.91. The van der Waals surface area contributed by atoms with E-state index in [2.05, 4.69) is 24.5 Å². The fourth-order valence-corrected chi connectivity index (χ4v) is 2.65. The Morgan fingerprint density at radius 3 is 2.45 bits per heavy atom. The lowest BCUT2D eigenvalue weighted by Crippen LogP contribution is -2.39. The third kappa shape index (κ3) is 4.07. The first kappa shape index (κ1) is 16.5. The number of amides is 2. The van der Waals surface area contributed by atoms with E-state index < -0.39 is 6.10 Å². The molecule has 120 valence electrons. The lowest BCUT2D eigenvalue weighted by molar-refractivity contribution is -0.131. The fourth-order valence-electron chi connectivity index (χ4n) is 2.65. The molecule has 1 aliphatic heterocycles. The van der Waals surface area contributed by atoms with Gasteiger partial charge in [0.15, 0.2) is 0 Å². The van der Waals surface area contributed by atoms with E-state index in [-0.39, 0.29) is 18.4 Å². The van der Waals surface area contributed by atoms with Gasteiger partial charge in [-0.15, -0.1) is 0 Å². The number of carbonyl (C=O) groups is 2. The molecule has 1 aromatic carbocycles. The van der Waals surface area contributed by atoms with Crippen molar-refractivity contribution in [2.24, 2.45) is 0 Å². The van der Waals surface area contributed by atoms with E-state index in [4.69, 9.17) is 4.74 Å². The normalized spacial score (nSPS) is 17.3. The van der Waals surface area contributed by atoms with E-state index in [1.54, 1.807) is 0 Å². The van der Waals surface area contributed by atoms with Crippen molar-refractivity contribution in [3.8, 4) is 0 Å². The smallest absolute Gasteiger partial charge is 0.249 e. The van der Waals surface area contributed by atoms with Crippen LogP contribution in [0.4, 0.5) is 5.69 Å². The van der Waals surface area contributed by atoms with Crippen LogP contribution in [0.1, 0.15) is 37.8 Å². The first-order valence-electron chi connectivity index (χ1n) is 7.95. The van der Waals surface area contributed by atoms with Crippen molar-refractivity contribution in [2.75, 3.05) is 18.5 Å². The molecule has 5 heteroatoms. The summed E-state index contributed by atoms with van der Waals surface area (Å²) in [4.78, 5) is 23.9. The molecule has 0 aromatic heterocycles. The molecule has 0 spiro atoms. The molecule has 1 aromatic rings. The predicted octanol–water partition coefficient (Wildman–Crippen LogP) is 2.05. The van der Waals surface area contributed by atoms with Crippen molar-refractivity contribution in [1.82, 2.24) is 5.32 Å². The van der Waals surface area contributed by atoms with Crippen molar-refractivity contribution in [1.29, 1.82) is 0 Å². The summed E-state index contributed by atoms with van der Waals surface area (Å²) in [5.74, 6) is -0.408. The second-order valence-electron chi connectivity index (χ2n) is 5.43. The average molecular weight is 304 g/mol. The number of hydrogen-bond donors (Lipinski definition) is 2. The highest BCUT2D eigenvalue weighted by atomic mass is 16.5. The van der Waals surface area contributed by atoms with Gasteiger partial charge in [-0.1, -0.05) is 32.0 Å². The van der Waals surface area contributed by atoms with E-state index in [1.807, 2.05) is 18.2 Å². The van der Waals surface area contributed by atoms with Gasteiger partial charge in [-0.3, -0.25) is 9.59 Å². The summed E-state index contributed by atoms with van der Waals surface area (Å²) in [5.41, 5.74) is 3.10. The first-order chi connectivity index (χ1) is 10.7. The number of hydrogen-bond acceptors (Lipinski definition) is 3. The molecule has 5 nitrogen and oxygen atoms in total. The Hall–Kier alpha value is -1.88. The maximum absolute atomic E-state index is 12.1. The van der Waals surface area contributed by atoms with E-state index >= 15 is 0 Å². The minimum absolute atomic E-state index is 0.0279. The summed E-state index contributed by atoms with van der Waals surface area (Å²) < 4.78 is 5.29. The van der Waals surface area contributed by atoms with Crippen LogP contribution in [0, 0.1) is 0 Å². The van der Waals surface area contributed by atoms with Gasteiger partial charge in [0.25, 0.3) is 0 Å². The Morgan fingerprint density at radius 2 is 1.91 bits per heavy atom. The van der Waals surface area contributed by atoms with Gasteiger partial charge in [-0.05, 0) is 36.8 Å². The number of benzene rings is 1. The van der Waals surface area contributed by atoms with Crippen LogP contribution in [0.2, 0.25) is 0 Å². The van der Waals surface area contributed by atoms with Crippen LogP contribution in [0.25, 0.3) is 0 Å². The monoisotopic (exact) mass is 304 g/mol. The molecule has 1 fully saturated rings. The second kappa shape index (κ2) is 7.94. The molecule has 0 aliphatic carbocycles. The number of nitrogens with one attached hydrogen (secondary N) is 2. The third-order valence-electron chi connectivity index (χ3n) is 3.91. The Bertz CT molecular complexity index is 514. The van der Waals surface area contributed by atoms with Gasteiger partial charge in [0.05, 0.1) is 6.54 Å². The van der Waals surface area contributed by atoms with Crippen molar-refractivity contribution < 1.29 is 14.3 Å². The molecule has 1 atom stereocenters. The summed E-state index contributed by atoms with van der Waals surface area (Å²) in [6, 6.07) is 6.03.